The first-order valence-electron chi connectivity index (χ1n) is 6.57. The van der Waals surface area contributed by atoms with Crippen LogP contribution in [0.25, 0.3) is 0 Å². The largest absolute Gasteiger partial charge is 0.498 e. The third-order valence-corrected chi connectivity index (χ3v) is 3.98. The number of hydrogen-bond acceptors (Lipinski definition) is 5. The van der Waals surface area contributed by atoms with Crippen LogP contribution >= 0.6 is 0 Å². The Hall–Kier alpha value is -1.11. The van der Waals surface area contributed by atoms with Gasteiger partial charge in [-0.25, -0.2) is 0 Å². The van der Waals surface area contributed by atoms with Crippen LogP contribution in [-0.4, -0.2) is 29.8 Å². The Bertz CT molecular complexity index is 461. The van der Waals surface area contributed by atoms with Gasteiger partial charge in [0.1, 0.15) is 0 Å². The minimum Gasteiger partial charge on any atom is -0.399 e. The molecule has 1 aromatic rings. The molecule has 104 valence electrons. The lowest BCUT2D eigenvalue weighted by atomic mass is 9.76. The molecule has 0 bridgehead atoms. The summed E-state index contributed by atoms with van der Waals surface area (Å²) >= 11 is 0. The summed E-state index contributed by atoms with van der Waals surface area (Å²) in [6.07, 6.45) is 2.35. The Balaban J connectivity index is 2.39. The van der Waals surface area contributed by atoms with Crippen LogP contribution < -0.4 is 16.9 Å². The fourth-order valence-corrected chi connectivity index (χ4v) is 2.10. The predicted octanol–water partition coefficient (Wildman–Crippen LogP) is 0.464. The number of anilines is 1. The van der Waals surface area contributed by atoms with E-state index in [4.69, 9.17) is 20.8 Å². The van der Waals surface area contributed by atoms with Gasteiger partial charge in [-0.05, 0) is 40.3 Å². The van der Waals surface area contributed by atoms with Gasteiger partial charge >= 0.3 is 7.12 Å². The Labute approximate surface area is 114 Å². The van der Waals surface area contributed by atoms with E-state index in [1.54, 1.807) is 12.3 Å². The van der Waals surface area contributed by atoms with Gasteiger partial charge in [-0.3, -0.25) is 4.98 Å². The summed E-state index contributed by atoms with van der Waals surface area (Å²) in [6, 6.07) is 1.76. The Morgan fingerprint density at radius 1 is 1.21 bits per heavy atom. The van der Waals surface area contributed by atoms with E-state index in [2.05, 4.69) is 4.98 Å². The highest BCUT2D eigenvalue weighted by molar-refractivity contribution is 6.64. The molecule has 6 heteroatoms. The summed E-state index contributed by atoms with van der Waals surface area (Å²) in [7, 11) is -0.486. The zero-order valence-corrected chi connectivity index (χ0v) is 12.1. The van der Waals surface area contributed by atoms with Gasteiger partial charge in [-0.1, -0.05) is 0 Å². The van der Waals surface area contributed by atoms with E-state index >= 15 is 0 Å². The van der Waals surface area contributed by atoms with Crippen LogP contribution in [0.1, 0.15) is 33.4 Å². The molecule has 5 nitrogen and oxygen atoms in total. The summed E-state index contributed by atoms with van der Waals surface area (Å²) < 4.78 is 12.1. The molecule has 0 aromatic carbocycles. The van der Waals surface area contributed by atoms with Crippen LogP contribution in [0.4, 0.5) is 5.69 Å². The number of nitrogens with two attached hydrogens (primary N) is 2. The van der Waals surface area contributed by atoms with Crippen LogP contribution in [0.3, 0.4) is 0 Å². The summed E-state index contributed by atoms with van der Waals surface area (Å²) in [6.45, 7) is 8.58. The first-order valence-corrected chi connectivity index (χ1v) is 6.57. The second kappa shape index (κ2) is 4.78. The van der Waals surface area contributed by atoms with Gasteiger partial charge in [0.15, 0.2) is 0 Å². The van der Waals surface area contributed by atoms with Gasteiger partial charge in [0.05, 0.1) is 11.2 Å². The van der Waals surface area contributed by atoms with E-state index in [9.17, 15) is 0 Å². The highest BCUT2D eigenvalue weighted by atomic mass is 16.7. The second-order valence-corrected chi connectivity index (χ2v) is 5.89. The fourth-order valence-electron chi connectivity index (χ4n) is 2.10. The van der Waals surface area contributed by atoms with Crippen molar-refractivity contribution in [3.05, 3.63) is 18.0 Å². The first kappa shape index (κ1) is 14.3. The Kier molecular flexibility index (Phi) is 3.60. The number of hydrogen-bond donors (Lipinski definition) is 2. The van der Waals surface area contributed by atoms with Gasteiger partial charge in [0.25, 0.3) is 0 Å². The Morgan fingerprint density at radius 2 is 1.79 bits per heavy atom. The third kappa shape index (κ3) is 2.48. The maximum Gasteiger partial charge on any atom is 0.498 e. The van der Waals surface area contributed by atoms with E-state index in [1.807, 2.05) is 27.7 Å². The molecule has 1 fully saturated rings. The molecular formula is C13H22BN3O2. The monoisotopic (exact) mass is 263 g/mol. The molecule has 2 rings (SSSR count). The molecule has 0 saturated carbocycles. The molecule has 0 radical (unpaired) electrons. The summed E-state index contributed by atoms with van der Waals surface area (Å²) in [5, 5.41) is 0. The number of aromatic nitrogens is 1. The van der Waals surface area contributed by atoms with E-state index in [1.165, 1.54) is 0 Å². The molecule has 0 amide bonds. The van der Waals surface area contributed by atoms with Crippen LogP contribution in [-0.2, 0) is 15.7 Å². The van der Waals surface area contributed by atoms with E-state index in [-0.39, 0.29) is 11.2 Å². The highest BCUT2D eigenvalue weighted by Crippen LogP contribution is 2.37. The highest BCUT2D eigenvalue weighted by Gasteiger charge is 2.52. The van der Waals surface area contributed by atoms with Gasteiger partial charge in [-0.15, -0.1) is 0 Å². The number of rotatable bonds is 3. The van der Waals surface area contributed by atoms with Crippen molar-refractivity contribution in [2.75, 3.05) is 12.3 Å². The number of nitrogens with zero attached hydrogens (tertiary/aromatic N) is 1. The van der Waals surface area contributed by atoms with Crippen molar-refractivity contribution < 1.29 is 9.31 Å². The maximum absolute atomic E-state index is 6.07. The van der Waals surface area contributed by atoms with Gasteiger partial charge in [0, 0.05) is 29.5 Å². The standard InChI is InChI=1S/C13H22BN3O2/c1-12(2)13(3,4)19-14(18-12)11-9(16)6-8-17-10(11)5-7-15/h6,8H,5,7,15H2,1-4H3,(H2,16,17). The van der Waals surface area contributed by atoms with E-state index < -0.39 is 7.12 Å². The zero-order chi connectivity index (χ0) is 14.3. The molecule has 1 aliphatic rings. The quantitative estimate of drug-likeness (QED) is 0.774. The van der Waals surface area contributed by atoms with Crippen molar-refractivity contribution in [2.45, 2.75) is 45.3 Å². The zero-order valence-electron chi connectivity index (χ0n) is 12.1. The second-order valence-electron chi connectivity index (χ2n) is 5.89. The molecule has 0 unspecified atom stereocenters. The van der Waals surface area contributed by atoms with Crippen LogP contribution in [0.5, 0.6) is 0 Å². The molecule has 19 heavy (non-hydrogen) atoms. The molecule has 0 atom stereocenters. The minimum absolute atomic E-state index is 0.389. The van der Waals surface area contributed by atoms with Crippen LogP contribution in [0, 0.1) is 0 Å². The number of nitrogen functional groups attached to an aromatic ring is 1. The SMILES string of the molecule is CC1(C)OB(c2c(N)ccnc2CCN)OC1(C)C. The molecule has 0 aliphatic carbocycles. The van der Waals surface area contributed by atoms with Crippen molar-refractivity contribution >= 4 is 18.3 Å². The minimum atomic E-state index is -0.486. The fraction of sp³-hybridized carbons (Fsp3) is 0.615. The average molecular weight is 263 g/mol. The molecule has 1 aromatic heterocycles. The lowest BCUT2D eigenvalue weighted by molar-refractivity contribution is 0.00578. The topological polar surface area (TPSA) is 83.4 Å². The van der Waals surface area contributed by atoms with Crippen molar-refractivity contribution in [1.82, 2.24) is 4.98 Å². The van der Waals surface area contributed by atoms with Gasteiger partial charge < -0.3 is 20.8 Å². The summed E-state index contributed by atoms with van der Waals surface area (Å²) in [4.78, 5) is 4.35. The third-order valence-electron chi connectivity index (χ3n) is 3.98. The molecule has 1 aliphatic heterocycles. The first-order chi connectivity index (χ1) is 8.78. The summed E-state index contributed by atoms with van der Waals surface area (Å²) in [5.74, 6) is 0. The van der Waals surface area contributed by atoms with Crippen molar-refractivity contribution in [2.24, 2.45) is 5.73 Å². The van der Waals surface area contributed by atoms with Crippen LogP contribution in [0.2, 0.25) is 0 Å². The summed E-state index contributed by atoms with van der Waals surface area (Å²) in [5.41, 5.74) is 13.2. The number of pyridine rings is 1. The van der Waals surface area contributed by atoms with Gasteiger partial charge in [-0.2, -0.15) is 0 Å². The van der Waals surface area contributed by atoms with E-state index in [0.29, 0.717) is 18.7 Å². The van der Waals surface area contributed by atoms with Crippen molar-refractivity contribution in [3.63, 3.8) is 0 Å². The predicted molar refractivity (Wildman–Crippen MR) is 77.1 cm³/mol. The lowest BCUT2D eigenvalue weighted by Crippen LogP contribution is -2.41. The van der Waals surface area contributed by atoms with E-state index in [0.717, 1.165) is 11.2 Å². The molecule has 2 heterocycles. The molecule has 0 spiro atoms. The smallest absolute Gasteiger partial charge is 0.399 e. The maximum atomic E-state index is 6.07. The van der Waals surface area contributed by atoms with Crippen molar-refractivity contribution in [1.29, 1.82) is 0 Å². The van der Waals surface area contributed by atoms with Crippen molar-refractivity contribution in [3.8, 4) is 0 Å². The Morgan fingerprint density at radius 3 is 2.32 bits per heavy atom. The normalized spacial score (nSPS) is 20.8. The molecular weight excluding hydrogens is 241 g/mol. The molecule has 4 N–H and O–H groups in total. The van der Waals surface area contributed by atoms with Gasteiger partial charge in [0.2, 0.25) is 0 Å². The average Bonchev–Trinajstić information content (AvgIpc) is 2.48. The van der Waals surface area contributed by atoms with Crippen LogP contribution in [0.15, 0.2) is 12.3 Å². The lowest BCUT2D eigenvalue weighted by Gasteiger charge is -2.32. The molecule has 1 saturated heterocycles.